The van der Waals surface area contributed by atoms with E-state index in [1.807, 2.05) is 0 Å². The third-order valence-corrected chi connectivity index (χ3v) is 5.82. The Kier molecular flexibility index (Phi) is 3.60. The van der Waals surface area contributed by atoms with Crippen molar-refractivity contribution in [3.63, 3.8) is 0 Å². The third kappa shape index (κ3) is 2.04. The number of hydrogen-bond acceptors (Lipinski definition) is 3. The number of hydrogen-bond donors (Lipinski definition) is 1. The van der Waals surface area contributed by atoms with Gasteiger partial charge in [0, 0.05) is 28.5 Å². The zero-order chi connectivity index (χ0) is 17.1. The standard InChI is InChI=1S/C17H17BrF2N2O2/c1-2-16(23)14-10(8-17(16,19)20)7-12-11(15(14)18)9-21-22(12)13-5-3-4-6-24-13/h2,7,9,13,23H,1,3-6,8H2. The summed E-state index contributed by atoms with van der Waals surface area (Å²) in [7, 11) is 0. The molecule has 2 unspecified atom stereocenters. The Morgan fingerprint density at radius 1 is 1.46 bits per heavy atom. The number of alkyl halides is 2. The summed E-state index contributed by atoms with van der Waals surface area (Å²) in [5.74, 6) is -3.29. The number of ether oxygens (including phenoxy) is 1. The van der Waals surface area contributed by atoms with Crippen LogP contribution in [0.2, 0.25) is 0 Å². The van der Waals surface area contributed by atoms with E-state index in [9.17, 15) is 13.9 Å². The van der Waals surface area contributed by atoms with Crippen LogP contribution in [0.15, 0.2) is 29.4 Å². The first-order chi connectivity index (χ1) is 11.4. The van der Waals surface area contributed by atoms with Gasteiger partial charge in [-0.15, -0.1) is 0 Å². The second-order valence-corrected chi connectivity index (χ2v) is 7.21. The van der Waals surface area contributed by atoms with Crippen molar-refractivity contribution in [1.82, 2.24) is 9.78 Å². The molecule has 4 nitrogen and oxygen atoms in total. The van der Waals surface area contributed by atoms with E-state index in [0.717, 1.165) is 30.9 Å². The van der Waals surface area contributed by atoms with Gasteiger partial charge in [-0.25, -0.2) is 13.5 Å². The molecule has 2 atom stereocenters. The normalized spacial score (nSPS) is 28.9. The van der Waals surface area contributed by atoms with E-state index in [2.05, 4.69) is 27.6 Å². The number of halogens is 3. The fraction of sp³-hybridized carbons (Fsp3) is 0.471. The van der Waals surface area contributed by atoms with E-state index in [4.69, 9.17) is 4.74 Å². The smallest absolute Gasteiger partial charge is 0.287 e. The van der Waals surface area contributed by atoms with E-state index in [-0.39, 0.29) is 11.8 Å². The highest BCUT2D eigenvalue weighted by molar-refractivity contribution is 9.10. The molecule has 128 valence electrons. The number of rotatable bonds is 2. The predicted octanol–water partition coefficient (Wildman–Crippen LogP) is 4.06. The molecule has 0 saturated carbocycles. The third-order valence-electron chi connectivity index (χ3n) is 5.00. The minimum Gasteiger partial charge on any atom is -0.375 e. The molecule has 0 spiro atoms. The number of fused-ring (bicyclic) bond motifs is 2. The van der Waals surface area contributed by atoms with Gasteiger partial charge in [0.05, 0.1) is 11.7 Å². The Morgan fingerprint density at radius 2 is 2.25 bits per heavy atom. The van der Waals surface area contributed by atoms with Crippen molar-refractivity contribution in [3.05, 3.63) is 40.5 Å². The monoisotopic (exact) mass is 398 g/mol. The van der Waals surface area contributed by atoms with Crippen LogP contribution in [-0.4, -0.2) is 27.4 Å². The summed E-state index contributed by atoms with van der Waals surface area (Å²) in [5.41, 5.74) is -1.06. The summed E-state index contributed by atoms with van der Waals surface area (Å²) in [6.45, 7) is 4.09. The van der Waals surface area contributed by atoms with Gasteiger partial charge in [0.2, 0.25) is 0 Å². The molecule has 0 bridgehead atoms. The lowest BCUT2D eigenvalue weighted by molar-refractivity contribution is -0.146. The summed E-state index contributed by atoms with van der Waals surface area (Å²) in [4.78, 5) is 0. The van der Waals surface area contributed by atoms with Crippen LogP contribution in [0.4, 0.5) is 8.78 Å². The van der Waals surface area contributed by atoms with E-state index in [1.165, 1.54) is 0 Å². The lowest BCUT2D eigenvalue weighted by Gasteiger charge is -2.27. The Bertz CT molecular complexity index is 830. The quantitative estimate of drug-likeness (QED) is 0.775. The molecule has 24 heavy (non-hydrogen) atoms. The zero-order valence-corrected chi connectivity index (χ0v) is 14.5. The maximum Gasteiger partial charge on any atom is 0.287 e. The molecular weight excluding hydrogens is 382 g/mol. The molecule has 1 aliphatic carbocycles. The minimum absolute atomic E-state index is 0.179. The first-order valence-corrected chi connectivity index (χ1v) is 8.73. The van der Waals surface area contributed by atoms with Gasteiger partial charge in [-0.2, -0.15) is 5.10 Å². The lowest BCUT2D eigenvalue weighted by atomic mass is 9.93. The van der Waals surface area contributed by atoms with Crippen LogP contribution >= 0.6 is 15.9 Å². The molecule has 2 heterocycles. The highest BCUT2D eigenvalue weighted by atomic mass is 79.9. The van der Waals surface area contributed by atoms with Crippen molar-refractivity contribution in [2.75, 3.05) is 6.61 Å². The molecule has 1 fully saturated rings. The number of benzene rings is 1. The number of aliphatic hydroxyl groups is 1. The number of aromatic nitrogens is 2. The summed E-state index contributed by atoms with van der Waals surface area (Å²) < 4.78 is 36.7. The Balaban J connectivity index is 1.92. The highest BCUT2D eigenvalue weighted by Gasteiger charge is 2.59. The molecular formula is C17H17BrF2N2O2. The average molecular weight is 399 g/mol. The van der Waals surface area contributed by atoms with Crippen molar-refractivity contribution < 1.29 is 18.6 Å². The van der Waals surface area contributed by atoms with E-state index < -0.39 is 17.9 Å². The molecule has 1 aromatic carbocycles. The largest absolute Gasteiger partial charge is 0.375 e. The topological polar surface area (TPSA) is 47.3 Å². The van der Waals surface area contributed by atoms with Crippen LogP contribution in [0.25, 0.3) is 10.9 Å². The van der Waals surface area contributed by atoms with Crippen molar-refractivity contribution in [2.24, 2.45) is 0 Å². The van der Waals surface area contributed by atoms with Gasteiger partial charge < -0.3 is 9.84 Å². The molecule has 2 aromatic rings. The zero-order valence-electron chi connectivity index (χ0n) is 12.9. The first kappa shape index (κ1) is 16.2. The number of nitrogens with zero attached hydrogens (tertiary/aromatic N) is 2. The molecule has 0 radical (unpaired) electrons. The molecule has 0 amide bonds. The molecule has 1 N–H and O–H groups in total. The molecule has 1 saturated heterocycles. The van der Waals surface area contributed by atoms with Gasteiger partial charge in [0.1, 0.15) is 0 Å². The summed E-state index contributed by atoms with van der Waals surface area (Å²) in [6.07, 6.45) is 4.75. The summed E-state index contributed by atoms with van der Waals surface area (Å²) >= 11 is 3.40. The van der Waals surface area contributed by atoms with Gasteiger partial charge in [-0.05, 0) is 52.9 Å². The fourth-order valence-electron chi connectivity index (χ4n) is 3.70. The van der Waals surface area contributed by atoms with E-state index in [1.54, 1.807) is 16.9 Å². The Labute approximate surface area is 146 Å². The molecule has 2 aliphatic rings. The van der Waals surface area contributed by atoms with E-state index in [0.29, 0.717) is 22.0 Å². The predicted molar refractivity (Wildman–Crippen MR) is 89.0 cm³/mol. The van der Waals surface area contributed by atoms with E-state index >= 15 is 0 Å². The first-order valence-electron chi connectivity index (χ1n) is 7.93. The highest BCUT2D eigenvalue weighted by Crippen LogP contribution is 2.53. The molecule has 1 aromatic heterocycles. The van der Waals surface area contributed by atoms with Gasteiger partial charge in [-0.3, -0.25) is 0 Å². The van der Waals surface area contributed by atoms with Gasteiger partial charge >= 0.3 is 0 Å². The maximum atomic E-state index is 14.4. The molecule has 7 heteroatoms. The maximum absolute atomic E-state index is 14.4. The van der Waals surface area contributed by atoms with Crippen LogP contribution < -0.4 is 0 Å². The van der Waals surface area contributed by atoms with Crippen LogP contribution in [0.3, 0.4) is 0 Å². The van der Waals surface area contributed by atoms with Crippen LogP contribution in [0, 0.1) is 0 Å². The second-order valence-electron chi connectivity index (χ2n) is 6.42. The van der Waals surface area contributed by atoms with Crippen molar-refractivity contribution in [2.45, 2.75) is 43.4 Å². The van der Waals surface area contributed by atoms with Crippen molar-refractivity contribution in [3.8, 4) is 0 Å². The van der Waals surface area contributed by atoms with Crippen LogP contribution in [0.5, 0.6) is 0 Å². The summed E-state index contributed by atoms with van der Waals surface area (Å²) in [6, 6.07) is 1.69. The molecule has 4 rings (SSSR count). The van der Waals surface area contributed by atoms with Gasteiger partial charge in [0.15, 0.2) is 11.8 Å². The summed E-state index contributed by atoms with van der Waals surface area (Å²) in [5, 5.41) is 15.6. The Morgan fingerprint density at radius 3 is 2.92 bits per heavy atom. The average Bonchev–Trinajstić information content (AvgIpc) is 3.06. The second kappa shape index (κ2) is 5.34. The Hall–Kier alpha value is -1.31. The minimum atomic E-state index is -3.29. The SMILES string of the molecule is C=CC1(O)c2c(cc3c(cnn3C3CCCCO3)c2Br)CC1(F)F. The van der Waals surface area contributed by atoms with Gasteiger partial charge in [-0.1, -0.05) is 6.58 Å². The van der Waals surface area contributed by atoms with Crippen LogP contribution in [0.1, 0.15) is 36.6 Å². The van der Waals surface area contributed by atoms with Crippen LogP contribution in [-0.2, 0) is 16.8 Å². The lowest BCUT2D eigenvalue weighted by Crippen LogP contribution is -2.40. The van der Waals surface area contributed by atoms with Crippen molar-refractivity contribution >= 4 is 26.8 Å². The van der Waals surface area contributed by atoms with Gasteiger partial charge in [0.25, 0.3) is 5.92 Å². The fourth-order valence-corrected chi connectivity index (χ4v) is 4.57. The van der Waals surface area contributed by atoms with Crippen molar-refractivity contribution in [1.29, 1.82) is 0 Å². The molecule has 1 aliphatic heterocycles.